The molecule has 4 heteroatoms. The van der Waals surface area contributed by atoms with E-state index in [-0.39, 0.29) is 12.4 Å². The minimum atomic E-state index is -0.405. The summed E-state index contributed by atoms with van der Waals surface area (Å²) in [5.74, 6) is -0.791. The largest absolute Gasteiger partial charge is 0.462 e. The molecule has 1 aliphatic heterocycles. The summed E-state index contributed by atoms with van der Waals surface area (Å²) in [6, 6.07) is 9.28. The molecular weight excluding hydrogens is 220 g/mol. The first-order valence-electron chi connectivity index (χ1n) is 5.35. The Kier molecular flexibility index (Phi) is 3.55. The summed E-state index contributed by atoms with van der Waals surface area (Å²) >= 11 is 0. The van der Waals surface area contributed by atoms with E-state index in [1.165, 1.54) is 6.26 Å². The van der Waals surface area contributed by atoms with E-state index in [1.807, 2.05) is 30.3 Å². The number of cyclic esters (lactones) is 1. The summed E-state index contributed by atoms with van der Waals surface area (Å²) < 4.78 is 9.62. The second-order valence-electron chi connectivity index (χ2n) is 3.68. The normalized spacial score (nSPS) is 16.9. The van der Waals surface area contributed by atoms with Gasteiger partial charge in [0, 0.05) is 6.42 Å². The molecule has 1 heterocycles. The van der Waals surface area contributed by atoms with Crippen LogP contribution >= 0.6 is 0 Å². The molecule has 1 aromatic rings. The van der Waals surface area contributed by atoms with Crippen molar-refractivity contribution < 1.29 is 19.1 Å². The minimum Gasteiger partial charge on any atom is -0.462 e. The van der Waals surface area contributed by atoms with Gasteiger partial charge in [-0.1, -0.05) is 30.3 Å². The monoisotopic (exact) mass is 232 g/mol. The maximum atomic E-state index is 11.5. The van der Waals surface area contributed by atoms with Crippen molar-refractivity contribution in [3.8, 4) is 0 Å². The molecule has 0 amide bonds. The van der Waals surface area contributed by atoms with Gasteiger partial charge in [0.25, 0.3) is 0 Å². The van der Waals surface area contributed by atoms with Crippen LogP contribution in [0.3, 0.4) is 0 Å². The third kappa shape index (κ3) is 3.17. The van der Waals surface area contributed by atoms with E-state index in [4.69, 9.17) is 9.47 Å². The Balaban J connectivity index is 1.88. The molecule has 0 radical (unpaired) electrons. The Labute approximate surface area is 98.8 Å². The summed E-state index contributed by atoms with van der Waals surface area (Å²) in [5.41, 5.74) is 1.29. The molecule has 17 heavy (non-hydrogen) atoms. The molecular formula is C13H12O4. The zero-order valence-corrected chi connectivity index (χ0v) is 9.22. The second kappa shape index (κ2) is 5.30. The highest BCUT2D eigenvalue weighted by Crippen LogP contribution is 2.13. The molecule has 1 saturated heterocycles. The highest BCUT2D eigenvalue weighted by atomic mass is 16.5. The van der Waals surface area contributed by atoms with Crippen LogP contribution in [0.1, 0.15) is 12.0 Å². The molecule has 0 spiro atoms. The molecule has 0 bridgehead atoms. The van der Waals surface area contributed by atoms with Crippen LogP contribution in [-0.2, 0) is 25.5 Å². The van der Waals surface area contributed by atoms with E-state index in [0.29, 0.717) is 18.6 Å². The molecule has 0 saturated carbocycles. The van der Waals surface area contributed by atoms with Gasteiger partial charge >= 0.3 is 11.9 Å². The highest BCUT2D eigenvalue weighted by molar-refractivity contribution is 5.90. The van der Waals surface area contributed by atoms with Crippen LogP contribution in [0.2, 0.25) is 0 Å². The van der Waals surface area contributed by atoms with Crippen LogP contribution in [0.4, 0.5) is 0 Å². The Morgan fingerprint density at radius 1 is 1.35 bits per heavy atom. The maximum absolute atomic E-state index is 11.5. The molecule has 0 aromatic heterocycles. The average molecular weight is 232 g/mol. The summed E-state index contributed by atoms with van der Waals surface area (Å²) in [6.45, 7) is 0.362. The molecule has 88 valence electrons. The minimum absolute atomic E-state index is 0.194. The molecule has 1 aliphatic rings. The average Bonchev–Trinajstić information content (AvgIpc) is 2.74. The smallest absolute Gasteiger partial charge is 0.337 e. The van der Waals surface area contributed by atoms with E-state index in [0.717, 1.165) is 5.56 Å². The van der Waals surface area contributed by atoms with E-state index >= 15 is 0 Å². The van der Waals surface area contributed by atoms with Crippen LogP contribution in [0, 0.1) is 0 Å². The quantitative estimate of drug-likeness (QED) is 0.451. The standard InChI is InChI=1S/C13H12O4/c14-12(8-10-4-2-1-3-5-10)17-9-11-6-7-16-13(11)15/h1-5,9H,6-8H2/b11-9-. The number of hydrogen-bond acceptors (Lipinski definition) is 4. The Hall–Kier alpha value is -2.10. The topological polar surface area (TPSA) is 52.6 Å². The number of rotatable bonds is 3. The van der Waals surface area contributed by atoms with Gasteiger partial charge in [-0.15, -0.1) is 0 Å². The van der Waals surface area contributed by atoms with Crippen molar-refractivity contribution in [2.75, 3.05) is 6.61 Å². The van der Waals surface area contributed by atoms with Gasteiger partial charge in [0.05, 0.1) is 18.6 Å². The fourth-order valence-electron chi connectivity index (χ4n) is 1.50. The van der Waals surface area contributed by atoms with E-state index in [9.17, 15) is 9.59 Å². The first-order chi connectivity index (χ1) is 8.25. The first kappa shape index (κ1) is 11.4. The molecule has 0 aliphatic carbocycles. The van der Waals surface area contributed by atoms with Gasteiger partial charge < -0.3 is 9.47 Å². The van der Waals surface area contributed by atoms with Gasteiger partial charge in [0.2, 0.25) is 0 Å². The van der Waals surface area contributed by atoms with Crippen molar-refractivity contribution in [1.29, 1.82) is 0 Å². The lowest BCUT2D eigenvalue weighted by Gasteiger charge is -2.00. The number of carbonyl (C=O) groups is 2. The van der Waals surface area contributed by atoms with Crippen molar-refractivity contribution in [2.45, 2.75) is 12.8 Å². The lowest BCUT2D eigenvalue weighted by Crippen LogP contribution is -2.05. The predicted molar refractivity (Wildman–Crippen MR) is 59.9 cm³/mol. The zero-order valence-electron chi connectivity index (χ0n) is 9.22. The first-order valence-corrected chi connectivity index (χ1v) is 5.35. The molecule has 0 N–H and O–H groups in total. The third-order valence-corrected chi connectivity index (χ3v) is 2.39. The molecule has 4 nitrogen and oxygen atoms in total. The Morgan fingerprint density at radius 2 is 2.12 bits per heavy atom. The van der Waals surface area contributed by atoms with Crippen LogP contribution in [0.25, 0.3) is 0 Å². The molecule has 0 atom stereocenters. The van der Waals surface area contributed by atoms with Crippen LogP contribution < -0.4 is 0 Å². The lowest BCUT2D eigenvalue weighted by molar-refractivity contribution is -0.137. The van der Waals surface area contributed by atoms with Crippen molar-refractivity contribution in [1.82, 2.24) is 0 Å². The van der Waals surface area contributed by atoms with Gasteiger partial charge in [-0.3, -0.25) is 4.79 Å². The number of benzene rings is 1. The van der Waals surface area contributed by atoms with Crippen molar-refractivity contribution >= 4 is 11.9 Å². The second-order valence-corrected chi connectivity index (χ2v) is 3.68. The number of esters is 2. The van der Waals surface area contributed by atoms with Gasteiger partial charge in [-0.05, 0) is 5.56 Å². The summed E-state index contributed by atoms with van der Waals surface area (Å²) in [6.07, 6.45) is 1.89. The maximum Gasteiger partial charge on any atom is 0.337 e. The van der Waals surface area contributed by atoms with Gasteiger partial charge in [-0.2, -0.15) is 0 Å². The van der Waals surface area contributed by atoms with Crippen LogP contribution in [0.15, 0.2) is 42.2 Å². The Bertz CT molecular complexity index is 448. The summed E-state index contributed by atoms with van der Waals surface area (Å²) in [5, 5.41) is 0. The van der Waals surface area contributed by atoms with Crippen molar-refractivity contribution in [2.24, 2.45) is 0 Å². The van der Waals surface area contributed by atoms with Crippen LogP contribution in [-0.4, -0.2) is 18.5 Å². The van der Waals surface area contributed by atoms with E-state index in [1.54, 1.807) is 0 Å². The summed E-state index contributed by atoms with van der Waals surface area (Å²) in [4.78, 5) is 22.5. The van der Waals surface area contributed by atoms with E-state index < -0.39 is 5.97 Å². The molecule has 2 rings (SSSR count). The third-order valence-electron chi connectivity index (χ3n) is 2.39. The number of carbonyl (C=O) groups excluding carboxylic acids is 2. The number of ether oxygens (including phenoxy) is 2. The highest BCUT2D eigenvalue weighted by Gasteiger charge is 2.19. The van der Waals surface area contributed by atoms with Gasteiger partial charge in [0.15, 0.2) is 0 Å². The number of hydrogen-bond donors (Lipinski definition) is 0. The SMILES string of the molecule is O=C(Cc1ccccc1)O/C=C1/CCOC1=O. The van der Waals surface area contributed by atoms with Gasteiger partial charge in [0.1, 0.15) is 6.26 Å². The molecule has 1 aromatic carbocycles. The Morgan fingerprint density at radius 3 is 2.76 bits per heavy atom. The van der Waals surface area contributed by atoms with Gasteiger partial charge in [-0.25, -0.2) is 4.79 Å². The van der Waals surface area contributed by atoms with Crippen LogP contribution in [0.5, 0.6) is 0 Å². The molecule has 1 fully saturated rings. The predicted octanol–water partition coefficient (Wildman–Crippen LogP) is 1.60. The van der Waals surface area contributed by atoms with Crippen molar-refractivity contribution in [3.63, 3.8) is 0 Å². The zero-order chi connectivity index (χ0) is 12.1. The van der Waals surface area contributed by atoms with Crippen molar-refractivity contribution in [3.05, 3.63) is 47.7 Å². The lowest BCUT2D eigenvalue weighted by atomic mass is 10.2. The fraction of sp³-hybridized carbons (Fsp3) is 0.231. The van der Waals surface area contributed by atoms with E-state index in [2.05, 4.69) is 0 Å². The molecule has 0 unspecified atom stereocenters. The fourth-order valence-corrected chi connectivity index (χ4v) is 1.50. The summed E-state index contributed by atoms with van der Waals surface area (Å²) in [7, 11) is 0.